The molecule has 38 heavy (non-hydrogen) atoms. The van der Waals surface area contributed by atoms with Crippen molar-refractivity contribution in [2.45, 2.75) is 63.8 Å². The monoisotopic (exact) mass is 522 g/mol. The molecule has 0 bridgehead atoms. The van der Waals surface area contributed by atoms with Gasteiger partial charge in [0.1, 0.15) is 12.2 Å². The van der Waals surface area contributed by atoms with Crippen molar-refractivity contribution in [1.29, 1.82) is 0 Å². The fourth-order valence-corrected chi connectivity index (χ4v) is 8.75. The Kier molecular flexibility index (Phi) is 5.66. The Hall–Kier alpha value is -2.68. The summed E-state index contributed by atoms with van der Waals surface area (Å²) in [5, 5.41) is 25.5. The second-order valence-corrected chi connectivity index (χ2v) is 12.2. The molecule has 3 N–H and O–H groups in total. The Labute approximate surface area is 221 Å². The zero-order chi connectivity index (χ0) is 27.1. The van der Waals surface area contributed by atoms with Crippen molar-refractivity contribution < 1.29 is 28.9 Å². The summed E-state index contributed by atoms with van der Waals surface area (Å²) in [6.07, 6.45) is 5.95. The molecule has 0 unspecified atom stereocenters. The number of amides is 1. The van der Waals surface area contributed by atoms with Crippen LogP contribution in [0.15, 0.2) is 53.2 Å². The van der Waals surface area contributed by atoms with Gasteiger partial charge >= 0.3 is 0 Å². The zero-order valence-corrected chi connectivity index (χ0v) is 22.0. The number of aliphatic hydroxyl groups excluding tert-OH is 2. The zero-order valence-electron chi connectivity index (χ0n) is 22.0. The predicted octanol–water partition coefficient (Wildman–Crippen LogP) is 3.44. The summed E-state index contributed by atoms with van der Waals surface area (Å²) in [6.45, 7) is 5.43. The number of hydrogen-bond acceptors (Lipinski definition) is 6. The van der Waals surface area contributed by atoms with Crippen LogP contribution in [0.25, 0.3) is 0 Å². The summed E-state index contributed by atoms with van der Waals surface area (Å²) < 4.78 is 23.4. The summed E-state index contributed by atoms with van der Waals surface area (Å²) in [7, 11) is 0. The van der Waals surface area contributed by atoms with Crippen molar-refractivity contribution in [3.05, 3.63) is 59.2 Å². The summed E-state index contributed by atoms with van der Waals surface area (Å²) in [6, 6.07) is 7.20. The fraction of sp³-hybridized carbons (Fsp3) is 0.567. The van der Waals surface area contributed by atoms with Gasteiger partial charge in [-0.1, -0.05) is 36.3 Å². The highest BCUT2D eigenvalue weighted by molar-refractivity contribution is 6.07. The summed E-state index contributed by atoms with van der Waals surface area (Å²) >= 11 is 0. The van der Waals surface area contributed by atoms with Gasteiger partial charge in [-0.2, -0.15) is 5.10 Å². The molecule has 202 valence electrons. The van der Waals surface area contributed by atoms with Gasteiger partial charge in [0.2, 0.25) is 0 Å². The van der Waals surface area contributed by atoms with Gasteiger partial charge in [0.15, 0.2) is 11.5 Å². The lowest BCUT2D eigenvalue weighted by Crippen LogP contribution is -2.76. The van der Waals surface area contributed by atoms with Crippen molar-refractivity contribution in [3.63, 3.8) is 0 Å². The Balaban J connectivity index is 1.29. The molecule has 1 aliphatic heterocycles. The molecule has 5 aliphatic rings. The number of aliphatic hydroxyl groups is 2. The predicted molar refractivity (Wildman–Crippen MR) is 139 cm³/mol. The Morgan fingerprint density at radius 3 is 2.63 bits per heavy atom. The number of hydrogen-bond donors (Lipinski definition) is 3. The number of rotatable bonds is 4. The molecule has 8 heteroatoms. The van der Waals surface area contributed by atoms with Crippen LogP contribution in [0.2, 0.25) is 0 Å². The van der Waals surface area contributed by atoms with E-state index in [-0.39, 0.29) is 29.9 Å². The number of allylic oxidation sites excluding steroid dienone is 4. The van der Waals surface area contributed by atoms with Crippen LogP contribution in [-0.2, 0) is 9.53 Å². The number of halogens is 1. The van der Waals surface area contributed by atoms with Crippen LogP contribution in [0.1, 0.15) is 55.5 Å². The van der Waals surface area contributed by atoms with Crippen molar-refractivity contribution in [2.24, 2.45) is 33.7 Å². The molecule has 1 heterocycles. The molecule has 1 amide bonds. The van der Waals surface area contributed by atoms with E-state index in [0.717, 1.165) is 11.1 Å². The van der Waals surface area contributed by atoms with Gasteiger partial charge in [-0.3, -0.25) is 9.59 Å². The van der Waals surface area contributed by atoms with Crippen LogP contribution in [0.4, 0.5) is 4.39 Å². The molecule has 6 rings (SSSR count). The van der Waals surface area contributed by atoms with Crippen molar-refractivity contribution >= 4 is 17.4 Å². The molecule has 4 aliphatic carbocycles. The van der Waals surface area contributed by atoms with Crippen molar-refractivity contribution in [2.75, 3.05) is 13.2 Å². The third-order valence-electron chi connectivity index (χ3n) is 10.6. The minimum atomic E-state index is -1.92. The van der Waals surface area contributed by atoms with Gasteiger partial charge in [0.25, 0.3) is 5.91 Å². The van der Waals surface area contributed by atoms with E-state index in [9.17, 15) is 19.8 Å². The van der Waals surface area contributed by atoms with E-state index >= 15 is 4.39 Å². The lowest BCUT2D eigenvalue weighted by molar-refractivity contribution is -0.309. The number of ketones is 1. The van der Waals surface area contributed by atoms with Crippen LogP contribution in [-0.4, -0.2) is 58.2 Å². The summed E-state index contributed by atoms with van der Waals surface area (Å²) in [4.78, 5) is 25.4. The summed E-state index contributed by atoms with van der Waals surface area (Å²) in [5.41, 5.74) is 0.761. The average Bonchev–Trinajstić information content (AvgIpc) is 3.05. The molecule has 4 fully saturated rings. The number of aryl methyl sites for hydroxylation is 1. The van der Waals surface area contributed by atoms with Gasteiger partial charge in [0.05, 0.1) is 18.4 Å². The van der Waals surface area contributed by atoms with E-state index in [1.165, 1.54) is 0 Å². The number of nitrogens with zero attached hydrogens (tertiary/aromatic N) is 1. The molecule has 8 atom stereocenters. The van der Waals surface area contributed by atoms with Gasteiger partial charge in [0, 0.05) is 22.3 Å². The molecule has 1 saturated heterocycles. The van der Waals surface area contributed by atoms with Gasteiger partial charge in [-0.05, 0) is 75.7 Å². The Morgan fingerprint density at radius 1 is 1.24 bits per heavy atom. The number of hydrazone groups is 1. The third kappa shape index (κ3) is 3.02. The average molecular weight is 523 g/mol. The SMILES string of the molecule is Cc1ccc(C(=O)N/N=C2\C=C[C@@]3(C)C(=C2)CC[C@H]2[C@@H]4C[C@@H](C)[C@@]5(C(=O)CO)OC[C@]45C[C@H](O)[C@@]23F)cc1. The van der Waals surface area contributed by atoms with Gasteiger partial charge in [-0.15, -0.1) is 0 Å². The van der Waals surface area contributed by atoms with Crippen molar-refractivity contribution in [3.8, 4) is 0 Å². The van der Waals surface area contributed by atoms with E-state index in [4.69, 9.17) is 4.74 Å². The van der Waals surface area contributed by atoms with Gasteiger partial charge in [-0.25, -0.2) is 9.82 Å². The highest BCUT2D eigenvalue weighted by Gasteiger charge is 2.81. The number of ether oxygens (including phenoxy) is 1. The maximum Gasteiger partial charge on any atom is 0.271 e. The topological polar surface area (TPSA) is 108 Å². The number of benzene rings is 1. The molecule has 3 saturated carbocycles. The maximum absolute atomic E-state index is 17.5. The molecule has 0 radical (unpaired) electrons. The van der Waals surface area contributed by atoms with E-state index in [0.29, 0.717) is 37.1 Å². The third-order valence-corrected chi connectivity index (χ3v) is 10.6. The minimum Gasteiger partial charge on any atom is -0.390 e. The highest BCUT2D eigenvalue weighted by Crippen LogP contribution is 2.74. The highest BCUT2D eigenvalue weighted by atomic mass is 19.1. The minimum absolute atomic E-state index is 0.120. The first kappa shape index (κ1) is 25.6. The normalized spacial score (nSPS) is 43.7. The number of carbonyl (C=O) groups excluding carboxylic acids is 2. The van der Waals surface area contributed by atoms with Crippen LogP contribution in [0.3, 0.4) is 0 Å². The standard InChI is InChI=1S/C30H35FN2O5/c1-17-4-6-19(7-5-17)26(37)33-32-21-10-11-27(3)20(13-21)8-9-22-23-12-18(2)30(25(36)15-34)28(23,16-38-30)14-24(35)29(22,27)31/h4-7,10-11,13,18,22-24,34-35H,8-9,12,14-16H2,1-3H3,(H,33,37)/b32-21+/t18-,22+,23+,24+,27+,28-,29+,30+/m1/s1. The number of nitrogens with one attached hydrogen (secondary N) is 1. The van der Waals surface area contributed by atoms with E-state index in [1.54, 1.807) is 24.3 Å². The van der Waals surface area contributed by atoms with Crippen LogP contribution < -0.4 is 5.43 Å². The van der Waals surface area contributed by atoms with E-state index in [2.05, 4.69) is 10.5 Å². The number of Topliss-reactive ketones (excluding diaryl/α,β-unsaturated/α-hetero) is 1. The second kappa shape index (κ2) is 8.41. The lowest BCUT2D eigenvalue weighted by atomic mass is 9.43. The largest absolute Gasteiger partial charge is 0.390 e. The summed E-state index contributed by atoms with van der Waals surface area (Å²) in [5.74, 6) is -1.40. The molecule has 1 aromatic carbocycles. The fourth-order valence-electron chi connectivity index (χ4n) is 8.75. The van der Waals surface area contributed by atoms with Crippen LogP contribution in [0.5, 0.6) is 0 Å². The molecule has 1 spiro atoms. The first-order chi connectivity index (χ1) is 18.0. The number of carbonyl (C=O) groups is 2. The number of fused-ring (bicyclic) bond motifs is 4. The lowest BCUT2D eigenvalue weighted by Gasteiger charge is -2.67. The smallest absolute Gasteiger partial charge is 0.271 e. The first-order valence-electron chi connectivity index (χ1n) is 13.5. The molecular formula is C30H35FN2O5. The molecular weight excluding hydrogens is 487 g/mol. The quantitative estimate of drug-likeness (QED) is 0.525. The first-order valence-corrected chi connectivity index (χ1v) is 13.5. The molecule has 1 aromatic rings. The Bertz CT molecular complexity index is 1290. The van der Waals surface area contributed by atoms with E-state index < -0.39 is 40.7 Å². The van der Waals surface area contributed by atoms with Crippen LogP contribution >= 0.6 is 0 Å². The van der Waals surface area contributed by atoms with E-state index in [1.807, 2.05) is 39.0 Å². The second-order valence-electron chi connectivity index (χ2n) is 12.2. The molecule has 7 nitrogen and oxygen atoms in total. The number of alkyl halides is 1. The van der Waals surface area contributed by atoms with Crippen molar-refractivity contribution in [1.82, 2.24) is 5.43 Å². The van der Waals surface area contributed by atoms with Gasteiger partial charge < -0.3 is 14.9 Å². The van der Waals surface area contributed by atoms with Crippen LogP contribution in [0, 0.1) is 35.5 Å². The molecule has 0 aromatic heterocycles. The Morgan fingerprint density at radius 2 is 1.97 bits per heavy atom. The maximum atomic E-state index is 17.5.